The summed E-state index contributed by atoms with van der Waals surface area (Å²) < 4.78 is 22.5. The number of primary sulfonamides is 1. The molecule has 3 N–H and O–H groups in total. The van der Waals surface area contributed by atoms with Crippen molar-refractivity contribution in [1.82, 2.24) is 4.90 Å². The van der Waals surface area contributed by atoms with E-state index >= 15 is 0 Å². The molecule has 0 radical (unpaired) electrons. The minimum Gasteiger partial charge on any atom is -0.324 e. The van der Waals surface area contributed by atoms with Gasteiger partial charge in [-0.2, -0.15) is 0 Å². The Kier molecular flexibility index (Phi) is 4.59. The van der Waals surface area contributed by atoms with E-state index in [-0.39, 0.29) is 10.9 Å². The van der Waals surface area contributed by atoms with E-state index in [1.165, 1.54) is 37.8 Å². The molecule has 0 unspecified atom stereocenters. The lowest BCUT2D eigenvalue weighted by atomic mass is 9.75. The van der Waals surface area contributed by atoms with Crippen LogP contribution in [-0.2, 0) is 10.0 Å². The van der Waals surface area contributed by atoms with Crippen LogP contribution in [0.5, 0.6) is 0 Å². The highest BCUT2D eigenvalue weighted by Gasteiger charge is 2.32. The Hall–Kier alpha value is -1.60. The van der Waals surface area contributed by atoms with E-state index in [0.717, 1.165) is 25.4 Å². The van der Waals surface area contributed by atoms with Gasteiger partial charge in [0.25, 0.3) is 0 Å². The molecule has 1 aliphatic heterocycles. The second kappa shape index (κ2) is 6.49. The van der Waals surface area contributed by atoms with E-state index in [0.29, 0.717) is 11.6 Å². The minimum absolute atomic E-state index is 0.0403. The van der Waals surface area contributed by atoms with Crippen LogP contribution in [0.4, 0.5) is 10.5 Å². The molecular weight excluding hydrogens is 314 g/mol. The number of benzene rings is 1. The van der Waals surface area contributed by atoms with Crippen molar-refractivity contribution in [2.24, 2.45) is 17.0 Å². The average molecular weight is 337 g/mol. The van der Waals surface area contributed by atoms with Gasteiger partial charge in [0.2, 0.25) is 10.0 Å². The molecule has 23 heavy (non-hydrogen) atoms. The van der Waals surface area contributed by atoms with Crippen LogP contribution >= 0.6 is 0 Å². The molecule has 7 heteroatoms. The van der Waals surface area contributed by atoms with Crippen molar-refractivity contribution >= 4 is 21.7 Å². The fourth-order valence-corrected chi connectivity index (χ4v) is 4.23. The molecule has 2 amide bonds. The number of rotatable bonds is 2. The fraction of sp³-hybridized carbons (Fsp3) is 0.562. The van der Waals surface area contributed by atoms with E-state index in [2.05, 4.69) is 5.32 Å². The zero-order valence-electron chi connectivity index (χ0n) is 13.1. The number of likely N-dealkylation sites (tertiary alicyclic amines) is 1. The van der Waals surface area contributed by atoms with Crippen LogP contribution in [0.1, 0.15) is 32.1 Å². The van der Waals surface area contributed by atoms with Crippen molar-refractivity contribution in [2.75, 3.05) is 18.4 Å². The van der Waals surface area contributed by atoms with E-state index < -0.39 is 10.0 Å². The molecule has 1 saturated heterocycles. The summed E-state index contributed by atoms with van der Waals surface area (Å²) in [5.74, 6) is 1.41. The lowest BCUT2D eigenvalue weighted by Gasteiger charge is -2.41. The molecular formula is C16H23N3O3S. The zero-order valence-corrected chi connectivity index (χ0v) is 13.9. The largest absolute Gasteiger partial charge is 0.324 e. The lowest BCUT2D eigenvalue weighted by molar-refractivity contribution is 0.108. The van der Waals surface area contributed by atoms with Crippen LogP contribution in [0.3, 0.4) is 0 Å². The van der Waals surface area contributed by atoms with Gasteiger partial charge in [-0.15, -0.1) is 0 Å². The first kappa shape index (κ1) is 16.3. The van der Waals surface area contributed by atoms with Gasteiger partial charge in [-0.1, -0.05) is 19.3 Å². The van der Waals surface area contributed by atoms with Gasteiger partial charge in [0.05, 0.1) is 4.90 Å². The number of nitrogens with one attached hydrogen (secondary N) is 1. The molecule has 3 rings (SSSR count). The quantitative estimate of drug-likeness (QED) is 0.868. The van der Waals surface area contributed by atoms with E-state index in [1.54, 1.807) is 12.1 Å². The highest BCUT2D eigenvalue weighted by atomic mass is 32.2. The van der Waals surface area contributed by atoms with Gasteiger partial charge in [-0.25, -0.2) is 18.4 Å². The summed E-state index contributed by atoms with van der Waals surface area (Å²) in [7, 11) is -3.70. The molecule has 6 nitrogen and oxygen atoms in total. The molecule has 0 aromatic heterocycles. The average Bonchev–Trinajstić information content (AvgIpc) is 2.54. The first-order valence-electron chi connectivity index (χ1n) is 8.12. The Bertz CT molecular complexity index is 672. The van der Waals surface area contributed by atoms with Gasteiger partial charge in [0, 0.05) is 18.8 Å². The van der Waals surface area contributed by atoms with Gasteiger partial charge in [-0.05, 0) is 48.9 Å². The summed E-state index contributed by atoms with van der Waals surface area (Å²) in [4.78, 5) is 14.3. The maximum atomic E-state index is 12.4. The number of piperidine rings is 1. The number of sulfonamides is 1. The smallest absolute Gasteiger partial charge is 0.321 e. The third-order valence-electron chi connectivity index (χ3n) is 5.01. The van der Waals surface area contributed by atoms with Crippen molar-refractivity contribution in [3.63, 3.8) is 0 Å². The number of fused-ring (bicyclic) bond motifs is 1. The summed E-state index contributed by atoms with van der Waals surface area (Å²) >= 11 is 0. The number of carbonyl (C=O) groups excluding carboxylic acids is 1. The summed E-state index contributed by atoms with van der Waals surface area (Å²) in [5, 5.41) is 7.90. The topological polar surface area (TPSA) is 92.5 Å². The molecule has 2 fully saturated rings. The molecule has 1 heterocycles. The highest BCUT2D eigenvalue weighted by molar-refractivity contribution is 7.89. The number of nitrogens with two attached hydrogens (primary N) is 1. The normalized spacial score (nSPS) is 24.8. The lowest BCUT2D eigenvalue weighted by Crippen LogP contribution is -2.46. The predicted octanol–water partition coefficient (Wildman–Crippen LogP) is 2.38. The molecule has 1 aliphatic carbocycles. The zero-order chi connectivity index (χ0) is 16.4. The predicted molar refractivity (Wildman–Crippen MR) is 88.5 cm³/mol. The molecule has 2 aliphatic rings. The second-order valence-electron chi connectivity index (χ2n) is 6.54. The van der Waals surface area contributed by atoms with Crippen LogP contribution in [0, 0.1) is 11.8 Å². The molecule has 0 spiro atoms. The van der Waals surface area contributed by atoms with Crippen molar-refractivity contribution < 1.29 is 13.2 Å². The number of anilines is 1. The summed E-state index contributed by atoms with van der Waals surface area (Å²) in [6.45, 7) is 1.62. The number of hydrogen-bond acceptors (Lipinski definition) is 3. The Labute approximate surface area is 137 Å². The van der Waals surface area contributed by atoms with Gasteiger partial charge >= 0.3 is 6.03 Å². The van der Waals surface area contributed by atoms with Crippen LogP contribution in [0.25, 0.3) is 0 Å². The van der Waals surface area contributed by atoms with Crippen LogP contribution in [0.15, 0.2) is 29.2 Å². The molecule has 2 atom stereocenters. The Balaban J connectivity index is 1.61. The minimum atomic E-state index is -3.70. The highest BCUT2D eigenvalue weighted by Crippen LogP contribution is 2.36. The molecule has 1 aromatic rings. The first-order chi connectivity index (χ1) is 10.9. The maximum Gasteiger partial charge on any atom is 0.321 e. The Morgan fingerprint density at radius 1 is 1.09 bits per heavy atom. The number of hydrogen-bond donors (Lipinski definition) is 2. The van der Waals surface area contributed by atoms with Gasteiger partial charge in [-0.3, -0.25) is 0 Å². The summed E-state index contributed by atoms with van der Waals surface area (Å²) in [6.07, 6.45) is 6.20. The Morgan fingerprint density at radius 3 is 2.39 bits per heavy atom. The molecule has 1 aromatic carbocycles. The van der Waals surface area contributed by atoms with Crippen molar-refractivity contribution in [3.8, 4) is 0 Å². The molecule has 0 bridgehead atoms. The molecule has 126 valence electrons. The van der Waals surface area contributed by atoms with Crippen LogP contribution in [0.2, 0.25) is 0 Å². The standard InChI is InChI=1S/C16H23N3O3S/c17-23(21,22)15-7-5-14(6-8-15)18-16(20)19-10-9-12-3-1-2-4-13(12)11-19/h5-8,12-13H,1-4,9-11H2,(H,18,20)(H2,17,21,22)/t12-,13-/m0/s1. The van der Waals surface area contributed by atoms with Gasteiger partial charge < -0.3 is 10.2 Å². The van der Waals surface area contributed by atoms with E-state index in [9.17, 15) is 13.2 Å². The first-order valence-corrected chi connectivity index (χ1v) is 9.67. The Morgan fingerprint density at radius 2 is 1.74 bits per heavy atom. The second-order valence-corrected chi connectivity index (χ2v) is 8.10. The number of carbonyl (C=O) groups is 1. The van der Waals surface area contributed by atoms with E-state index in [1.807, 2.05) is 4.90 Å². The van der Waals surface area contributed by atoms with Crippen molar-refractivity contribution in [2.45, 2.75) is 37.0 Å². The molecule has 1 saturated carbocycles. The third kappa shape index (κ3) is 3.84. The number of nitrogens with zero attached hydrogens (tertiary/aromatic N) is 1. The SMILES string of the molecule is NS(=O)(=O)c1ccc(NC(=O)N2CC[C@@H]3CCCC[C@H]3C2)cc1. The van der Waals surface area contributed by atoms with Crippen LogP contribution < -0.4 is 10.5 Å². The fourth-order valence-electron chi connectivity index (χ4n) is 3.72. The number of urea groups is 1. The number of amides is 2. The monoisotopic (exact) mass is 337 g/mol. The van der Waals surface area contributed by atoms with Gasteiger partial charge in [0.1, 0.15) is 0 Å². The van der Waals surface area contributed by atoms with Gasteiger partial charge in [0.15, 0.2) is 0 Å². The summed E-state index contributed by atoms with van der Waals surface area (Å²) in [5.41, 5.74) is 0.577. The van der Waals surface area contributed by atoms with Crippen LogP contribution in [-0.4, -0.2) is 32.4 Å². The van der Waals surface area contributed by atoms with Crippen molar-refractivity contribution in [1.29, 1.82) is 0 Å². The van der Waals surface area contributed by atoms with Crippen molar-refractivity contribution in [3.05, 3.63) is 24.3 Å². The maximum absolute atomic E-state index is 12.4. The third-order valence-corrected chi connectivity index (χ3v) is 5.94. The summed E-state index contributed by atoms with van der Waals surface area (Å²) in [6, 6.07) is 5.81. The van der Waals surface area contributed by atoms with E-state index in [4.69, 9.17) is 5.14 Å².